The molecule has 0 aliphatic carbocycles. The molecule has 0 spiro atoms. The van der Waals surface area contributed by atoms with Gasteiger partial charge < -0.3 is 10.6 Å². The topological polar surface area (TPSA) is 54.0 Å². The minimum absolute atomic E-state index is 0.150. The van der Waals surface area contributed by atoms with Crippen LogP contribution in [0.15, 0.2) is 12.3 Å². The molecule has 5 heteroatoms. The maximum Gasteiger partial charge on any atom is 0.253 e. The molecule has 0 atom stereocenters. The fourth-order valence-electron chi connectivity index (χ4n) is 1.73. The van der Waals surface area contributed by atoms with Gasteiger partial charge in [0, 0.05) is 18.3 Å². The Kier molecular flexibility index (Phi) is 6.27. The number of anilines is 1. The third kappa shape index (κ3) is 4.37. The molecular weight excluding hydrogens is 274 g/mol. The van der Waals surface area contributed by atoms with Gasteiger partial charge in [0.1, 0.15) is 5.82 Å². The van der Waals surface area contributed by atoms with Crippen molar-refractivity contribution in [2.75, 3.05) is 11.9 Å². The second kappa shape index (κ2) is 7.48. The van der Waals surface area contributed by atoms with Gasteiger partial charge in [0.15, 0.2) is 0 Å². The second-order valence-corrected chi connectivity index (χ2v) is 5.61. The van der Waals surface area contributed by atoms with Gasteiger partial charge in [0.05, 0.1) is 10.6 Å². The lowest BCUT2D eigenvalue weighted by Crippen LogP contribution is -2.45. The van der Waals surface area contributed by atoms with Crippen LogP contribution in [0.1, 0.15) is 57.3 Å². The highest BCUT2D eigenvalue weighted by molar-refractivity contribution is 6.33. The molecule has 4 nitrogen and oxygen atoms in total. The summed E-state index contributed by atoms with van der Waals surface area (Å²) < 4.78 is 0. The Bertz CT molecular complexity index is 458. The van der Waals surface area contributed by atoms with Crippen LogP contribution in [0.2, 0.25) is 5.02 Å². The van der Waals surface area contributed by atoms with Gasteiger partial charge in [-0.3, -0.25) is 4.79 Å². The molecule has 0 unspecified atom stereocenters. The maximum atomic E-state index is 12.4. The number of aromatic nitrogens is 1. The molecule has 0 radical (unpaired) electrons. The van der Waals surface area contributed by atoms with E-state index in [0.29, 0.717) is 16.4 Å². The van der Waals surface area contributed by atoms with Crippen LogP contribution >= 0.6 is 11.6 Å². The standard InChI is InChI=1S/C15H24ClN3O/c1-5-8-17-13-9-11(12(16)10-18-13)14(20)19-15(4,6-2)7-3/h9-10H,5-8H2,1-4H3,(H,17,18)(H,19,20). The van der Waals surface area contributed by atoms with Gasteiger partial charge in [-0.15, -0.1) is 0 Å². The molecule has 1 aromatic rings. The van der Waals surface area contributed by atoms with Crippen molar-refractivity contribution < 1.29 is 4.79 Å². The fraction of sp³-hybridized carbons (Fsp3) is 0.600. The number of carbonyl (C=O) groups excluding carboxylic acids is 1. The van der Waals surface area contributed by atoms with E-state index in [1.807, 2.05) is 6.92 Å². The molecule has 0 saturated carbocycles. The Morgan fingerprint density at radius 3 is 2.55 bits per heavy atom. The number of amides is 1. The van der Waals surface area contributed by atoms with Crippen molar-refractivity contribution in [2.45, 2.75) is 52.5 Å². The fourth-order valence-corrected chi connectivity index (χ4v) is 1.92. The van der Waals surface area contributed by atoms with Crippen LogP contribution in [0.4, 0.5) is 5.82 Å². The number of hydrogen-bond acceptors (Lipinski definition) is 3. The van der Waals surface area contributed by atoms with Crippen molar-refractivity contribution in [1.82, 2.24) is 10.3 Å². The summed E-state index contributed by atoms with van der Waals surface area (Å²) in [7, 11) is 0. The number of pyridine rings is 1. The highest BCUT2D eigenvalue weighted by Crippen LogP contribution is 2.21. The molecule has 1 aromatic heterocycles. The summed E-state index contributed by atoms with van der Waals surface area (Å²) in [6.07, 6.45) is 4.26. The van der Waals surface area contributed by atoms with Crippen molar-refractivity contribution in [2.24, 2.45) is 0 Å². The van der Waals surface area contributed by atoms with Crippen LogP contribution in [-0.4, -0.2) is 23.0 Å². The minimum atomic E-state index is -0.208. The highest BCUT2D eigenvalue weighted by atomic mass is 35.5. The van der Waals surface area contributed by atoms with Crippen molar-refractivity contribution >= 4 is 23.3 Å². The predicted octanol–water partition coefficient (Wildman–Crippen LogP) is 3.87. The molecule has 0 aliphatic heterocycles. The van der Waals surface area contributed by atoms with E-state index < -0.39 is 0 Å². The zero-order valence-electron chi connectivity index (χ0n) is 12.7. The third-order valence-corrected chi connectivity index (χ3v) is 3.93. The van der Waals surface area contributed by atoms with Crippen molar-refractivity contribution in [3.8, 4) is 0 Å². The Hall–Kier alpha value is -1.29. The monoisotopic (exact) mass is 297 g/mol. The Labute approximate surface area is 126 Å². The van der Waals surface area contributed by atoms with Crippen LogP contribution in [-0.2, 0) is 0 Å². The van der Waals surface area contributed by atoms with E-state index in [1.165, 1.54) is 6.20 Å². The molecule has 20 heavy (non-hydrogen) atoms. The quantitative estimate of drug-likeness (QED) is 0.803. The molecule has 0 aliphatic rings. The molecular formula is C15H24ClN3O. The number of halogens is 1. The van der Waals surface area contributed by atoms with Gasteiger partial charge in [-0.1, -0.05) is 32.4 Å². The van der Waals surface area contributed by atoms with Crippen LogP contribution in [0.3, 0.4) is 0 Å². The van der Waals surface area contributed by atoms with Gasteiger partial charge in [-0.05, 0) is 32.3 Å². The van der Waals surface area contributed by atoms with Crippen LogP contribution in [0.5, 0.6) is 0 Å². The molecule has 112 valence electrons. The summed E-state index contributed by atoms with van der Waals surface area (Å²) in [5, 5.41) is 6.59. The van der Waals surface area contributed by atoms with Gasteiger partial charge >= 0.3 is 0 Å². The molecule has 0 bridgehead atoms. The third-order valence-electron chi connectivity index (χ3n) is 3.63. The van der Waals surface area contributed by atoms with E-state index in [4.69, 9.17) is 11.6 Å². The summed E-state index contributed by atoms with van der Waals surface area (Å²) in [4.78, 5) is 16.5. The van der Waals surface area contributed by atoms with Gasteiger partial charge in [0.25, 0.3) is 5.91 Å². The number of nitrogens with one attached hydrogen (secondary N) is 2. The van der Waals surface area contributed by atoms with Gasteiger partial charge in [-0.2, -0.15) is 0 Å². The predicted molar refractivity (Wildman–Crippen MR) is 84.5 cm³/mol. The first-order valence-electron chi connectivity index (χ1n) is 7.17. The number of nitrogens with zero attached hydrogens (tertiary/aromatic N) is 1. The smallest absolute Gasteiger partial charge is 0.253 e. The summed E-state index contributed by atoms with van der Waals surface area (Å²) in [5.41, 5.74) is 0.258. The number of hydrogen-bond donors (Lipinski definition) is 2. The molecule has 0 saturated heterocycles. The second-order valence-electron chi connectivity index (χ2n) is 5.20. The Morgan fingerprint density at radius 1 is 1.35 bits per heavy atom. The molecule has 1 rings (SSSR count). The summed E-state index contributed by atoms with van der Waals surface area (Å²) in [6.45, 7) is 9.05. The van der Waals surface area contributed by atoms with Crippen molar-refractivity contribution in [1.29, 1.82) is 0 Å². The first-order valence-corrected chi connectivity index (χ1v) is 7.55. The van der Waals surface area contributed by atoms with Gasteiger partial charge in [0.2, 0.25) is 0 Å². The molecule has 1 amide bonds. The number of carbonyl (C=O) groups is 1. The minimum Gasteiger partial charge on any atom is -0.370 e. The lowest BCUT2D eigenvalue weighted by atomic mass is 9.95. The molecule has 0 fully saturated rings. The first kappa shape index (κ1) is 16.8. The zero-order chi connectivity index (χ0) is 15.2. The van der Waals surface area contributed by atoms with E-state index >= 15 is 0 Å². The van der Waals surface area contributed by atoms with E-state index in [1.54, 1.807) is 6.07 Å². The average molecular weight is 298 g/mol. The number of rotatable bonds is 7. The highest BCUT2D eigenvalue weighted by Gasteiger charge is 2.24. The van der Waals surface area contributed by atoms with Gasteiger partial charge in [-0.25, -0.2) is 4.98 Å². The van der Waals surface area contributed by atoms with Crippen LogP contribution < -0.4 is 10.6 Å². The summed E-state index contributed by atoms with van der Waals surface area (Å²) in [6, 6.07) is 1.71. The summed E-state index contributed by atoms with van der Waals surface area (Å²) >= 11 is 6.09. The normalized spacial score (nSPS) is 11.2. The van der Waals surface area contributed by atoms with Crippen LogP contribution in [0.25, 0.3) is 0 Å². The average Bonchev–Trinajstić information content (AvgIpc) is 2.46. The maximum absolute atomic E-state index is 12.4. The van der Waals surface area contributed by atoms with E-state index in [2.05, 4.69) is 36.4 Å². The van der Waals surface area contributed by atoms with Crippen molar-refractivity contribution in [3.63, 3.8) is 0 Å². The zero-order valence-corrected chi connectivity index (χ0v) is 13.5. The largest absolute Gasteiger partial charge is 0.370 e. The Morgan fingerprint density at radius 2 is 2.00 bits per heavy atom. The van der Waals surface area contributed by atoms with Crippen LogP contribution in [0, 0.1) is 0 Å². The first-order chi connectivity index (χ1) is 9.45. The molecule has 2 N–H and O–H groups in total. The lowest BCUT2D eigenvalue weighted by Gasteiger charge is -2.28. The summed E-state index contributed by atoms with van der Waals surface area (Å²) in [5.74, 6) is 0.527. The lowest BCUT2D eigenvalue weighted by molar-refractivity contribution is 0.0901. The van der Waals surface area contributed by atoms with Crippen molar-refractivity contribution in [3.05, 3.63) is 22.8 Å². The molecule has 0 aromatic carbocycles. The molecule has 1 heterocycles. The SMILES string of the molecule is CCCNc1cc(C(=O)NC(C)(CC)CC)c(Cl)cn1. The Balaban J connectivity index is 2.91. The van der Waals surface area contributed by atoms with E-state index in [-0.39, 0.29) is 11.4 Å². The van der Waals surface area contributed by atoms with E-state index in [9.17, 15) is 4.79 Å². The van der Waals surface area contributed by atoms with E-state index in [0.717, 1.165) is 25.8 Å².